The minimum atomic E-state index is -0.556. The number of nitrogens with one attached hydrogen (secondary N) is 2. The highest BCUT2D eigenvalue weighted by Crippen LogP contribution is 2.19. The molecule has 0 unspecified atom stereocenters. The van der Waals surface area contributed by atoms with Gasteiger partial charge in [0.05, 0.1) is 11.6 Å². The van der Waals surface area contributed by atoms with Crippen LogP contribution < -0.4 is 15.7 Å². The Bertz CT molecular complexity index is 930. The number of amides is 1. The Hall–Kier alpha value is -3.15. The first-order valence-electron chi connectivity index (χ1n) is 7.60. The molecule has 6 nitrogen and oxygen atoms in total. The molecule has 1 aromatic heterocycles. The van der Waals surface area contributed by atoms with Crippen molar-refractivity contribution in [1.82, 2.24) is 9.97 Å². The molecule has 2 aromatic carbocycles. The Morgan fingerprint density at radius 3 is 2.54 bits per heavy atom. The fraction of sp³-hybridized carbons (Fsp3) is 0.167. The molecule has 0 saturated carbocycles. The minimum Gasteiger partial charge on any atom is -0.491 e. The van der Waals surface area contributed by atoms with Crippen LogP contribution in [0.1, 0.15) is 24.3 Å². The molecule has 0 aliphatic rings. The molecule has 0 radical (unpaired) electrons. The number of hydrogen-bond acceptors (Lipinski definition) is 4. The molecule has 3 rings (SSSR count). The highest BCUT2D eigenvalue weighted by Gasteiger charge is 2.13. The molecule has 0 saturated heterocycles. The third-order valence-electron chi connectivity index (χ3n) is 3.34. The van der Waals surface area contributed by atoms with E-state index in [4.69, 9.17) is 4.74 Å². The fourth-order valence-corrected chi connectivity index (χ4v) is 2.36. The Balaban J connectivity index is 1.86. The summed E-state index contributed by atoms with van der Waals surface area (Å²) < 4.78 is 5.56. The van der Waals surface area contributed by atoms with Crippen molar-refractivity contribution in [3.63, 3.8) is 0 Å². The number of benzene rings is 2. The topological polar surface area (TPSA) is 84.1 Å². The van der Waals surface area contributed by atoms with Crippen molar-refractivity contribution < 1.29 is 9.53 Å². The van der Waals surface area contributed by atoms with Gasteiger partial charge in [0.15, 0.2) is 0 Å². The lowest BCUT2D eigenvalue weighted by Gasteiger charge is -2.11. The number of anilines is 1. The molecule has 0 fully saturated rings. The van der Waals surface area contributed by atoms with E-state index in [1.54, 1.807) is 48.5 Å². The maximum atomic E-state index is 12.5. The molecule has 0 bridgehead atoms. The van der Waals surface area contributed by atoms with Gasteiger partial charge in [-0.05, 0) is 44.2 Å². The smallest absolute Gasteiger partial charge is 0.346 e. The van der Waals surface area contributed by atoms with E-state index in [0.29, 0.717) is 16.6 Å². The van der Waals surface area contributed by atoms with Crippen LogP contribution in [0.2, 0.25) is 0 Å². The van der Waals surface area contributed by atoms with Gasteiger partial charge in [-0.3, -0.25) is 4.79 Å². The SMILES string of the molecule is CC(C)Oc1ccc(NC(=O)c2nc(=O)[nH]c3ccccc23)cc1. The van der Waals surface area contributed by atoms with E-state index in [1.807, 2.05) is 13.8 Å². The summed E-state index contributed by atoms with van der Waals surface area (Å²) in [4.78, 5) is 30.5. The first-order valence-corrected chi connectivity index (χ1v) is 7.60. The fourth-order valence-electron chi connectivity index (χ4n) is 2.36. The third kappa shape index (κ3) is 3.43. The van der Waals surface area contributed by atoms with Crippen LogP contribution in [-0.2, 0) is 0 Å². The second-order valence-corrected chi connectivity index (χ2v) is 5.58. The number of nitrogens with zero attached hydrogens (tertiary/aromatic N) is 1. The number of aromatic nitrogens is 2. The molecule has 122 valence electrons. The first-order chi connectivity index (χ1) is 11.5. The maximum absolute atomic E-state index is 12.5. The van der Waals surface area contributed by atoms with Gasteiger partial charge >= 0.3 is 5.69 Å². The number of para-hydroxylation sites is 1. The molecule has 0 spiro atoms. The molecule has 0 aliphatic heterocycles. The van der Waals surface area contributed by atoms with Gasteiger partial charge in [-0.1, -0.05) is 18.2 Å². The Morgan fingerprint density at radius 1 is 1.12 bits per heavy atom. The van der Waals surface area contributed by atoms with Gasteiger partial charge in [0, 0.05) is 11.1 Å². The van der Waals surface area contributed by atoms with Crippen LogP contribution in [-0.4, -0.2) is 22.0 Å². The number of ether oxygens (including phenoxy) is 1. The largest absolute Gasteiger partial charge is 0.491 e. The summed E-state index contributed by atoms with van der Waals surface area (Å²) >= 11 is 0. The zero-order chi connectivity index (χ0) is 17.1. The first kappa shape index (κ1) is 15.7. The highest BCUT2D eigenvalue weighted by atomic mass is 16.5. The van der Waals surface area contributed by atoms with Crippen molar-refractivity contribution >= 4 is 22.5 Å². The van der Waals surface area contributed by atoms with E-state index < -0.39 is 11.6 Å². The summed E-state index contributed by atoms with van der Waals surface area (Å²) in [5, 5.41) is 3.34. The van der Waals surface area contributed by atoms with E-state index in [1.165, 1.54) is 0 Å². The summed E-state index contributed by atoms with van der Waals surface area (Å²) in [5.41, 5.74) is 0.710. The highest BCUT2D eigenvalue weighted by molar-refractivity contribution is 6.10. The summed E-state index contributed by atoms with van der Waals surface area (Å²) in [6.07, 6.45) is 0.0806. The van der Waals surface area contributed by atoms with Crippen molar-refractivity contribution in [3.8, 4) is 5.75 Å². The maximum Gasteiger partial charge on any atom is 0.346 e. The van der Waals surface area contributed by atoms with Gasteiger partial charge in [-0.15, -0.1) is 0 Å². The van der Waals surface area contributed by atoms with Crippen molar-refractivity contribution in [2.24, 2.45) is 0 Å². The van der Waals surface area contributed by atoms with Crippen LogP contribution >= 0.6 is 0 Å². The van der Waals surface area contributed by atoms with Gasteiger partial charge in [0.2, 0.25) is 0 Å². The van der Waals surface area contributed by atoms with Crippen LogP contribution in [0.3, 0.4) is 0 Å². The van der Waals surface area contributed by atoms with E-state index in [9.17, 15) is 9.59 Å². The molecule has 24 heavy (non-hydrogen) atoms. The summed E-state index contributed by atoms with van der Waals surface area (Å²) in [7, 11) is 0. The van der Waals surface area contributed by atoms with Gasteiger partial charge in [0.25, 0.3) is 5.91 Å². The van der Waals surface area contributed by atoms with E-state index >= 15 is 0 Å². The van der Waals surface area contributed by atoms with E-state index in [-0.39, 0.29) is 11.8 Å². The number of hydrogen-bond donors (Lipinski definition) is 2. The van der Waals surface area contributed by atoms with Crippen LogP contribution in [0.5, 0.6) is 5.75 Å². The Labute approximate surface area is 138 Å². The summed E-state index contributed by atoms with van der Waals surface area (Å²) in [5.74, 6) is 0.289. The number of aromatic amines is 1. The molecule has 0 atom stereocenters. The van der Waals surface area contributed by atoms with Gasteiger partial charge in [-0.2, -0.15) is 4.98 Å². The number of rotatable bonds is 4. The summed E-state index contributed by atoms with van der Waals surface area (Å²) in [6, 6.07) is 14.1. The second-order valence-electron chi connectivity index (χ2n) is 5.58. The lowest BCUT2D eigenvalue weighted by atomic mass is 10.1. The van der Waals surface area contributed by atoms with Gasteiger partial charge in [-0.25, -0.2) is 4.79 Å². The van der Waals surface area contributed by atoms with Crippen molar-refractivity contribution in [2.45, 2.75) is 20.0 Å². The third-order valence-corrected chi connectivity index (χ3v) is 3.34. The van der Waals surface area contributed by atoms with Crippen molar-refractivity contribution in [3.05, 3.63) is 64.7 Å². The zero-order valence-corrected chi connectivity index (χ0v) is 13.4. The number of fused-ring (bicyclic) bond motifs is 1. The second kappa shape index (κ2) is 6.54. The molecule has 2 N–H and O–H groups in total. The lowest BCUT2D eigenvalue weighted by molar-refractivity contribution is 0.102. The molecule has 3 aromatic rings. The minimum absolute atomic E-state index is 0.0806. The normalized spacial score (nSPS) is 10.8. The molecular formula is C18H17N3O3. The van der Waals surface area contributed by atoms with Crippen molar-refractivity contribution in [1.29, 1.82) is 0 Å². The monoisotopic (exact) mass is 323 g/mol. The van der Waals surface area contributed by atoms with E-state index in [2.05, 4.69) is 15.3 Å². The van der Waals surface area contributed by atoms with Crippen LogP contribution in [0.25, 0.3) is 10.9 Å². The summed E-state index contributed by atoms with van der Waals surface area (Å²) in [6.45, 7) is 3.89. The van der Waals surface area contributed by atoms with Crippen LogP contribution in [0.15, 0.2) is 53.3 Å². The van der Waals surface area contributed by atoms with Crippen LogP contribution in [0.4, 0.5) is 5.69 Å². The number of carbonyl (C=O) groups excluding carboxylic acids is 1. The quantitative estimate of drug-likeness (QED) is 0.773. The number of H-pyrrole nitrogens is 1. The molecular weight excluding hydrogens is 306 g/mol. The molecule has 1 amide bonds. The van der Waals surface area contributed by atoms with Crippen molar-refractivity contribution in [2.75, 3.05) is 5.32 Å². The van der Waals surface area contributed by atoms with E-state index in [0.717, 1.165) is 5.75 Å². The predicted molar refractivity (Wildman–Crippen MR) is 92.5 cm³/mol. The number of carbonyl (C=O) groups is 1. The molecule has 6 heteroatoms. The predicted octanol–water partition coefficient (Wildman–Crippen LogP) is 2.96. The van der Waals surface area contributed by atoms with Gasteiger partial charge in [0.1, 0.15) is 11.4 Å². The van der Waals surface area contributed by atoms with Crippen LogP contribution in [0, 0.1) is 0 Å². The average molecular weight is 323 g/mol. The average Bonchev–Trinajstić information content (AvgIpc) is 2.55. The molecule has 0 aliphatic carbocycles. The molecule has 1 heterocycles. The van der Waals surface area contributed by atoms with Gasteiger partial charge < -0.3 is 15.0 Å². The standard InChI is InChI=1S/C18H17N3O3/c1-11(2)24-13-9-7-12(8-10-13)19-17(22)16-14-5-3-4-6-15(14)20-18(23)21-16/h3-11H,1-2H3,(H,19,22)(H,20,21,23). The Morgan fingerprint density at radius 2 is 1.83 bits per heavy atom. The Kier molecular flexibility index (Phi) is 4.29. The zero-order valence-electron chi connectivity index (χ0n) is 13.4. The lowest BCUT2D eigenvalue weighted by Crippen LogP contribution is -2.21.